The molecule has 2 nitrogen and oxygen atoms in total. The van der Waals surface area contributed by atoms with E-state index in [1.807, 2.05) is 36.4 Å². The predicted octanol–water partition coefficient (Wildman–Crippen LogP) is 6.56. The summed E-state index contributed by atoms with van der Waals surface area (Å²) >= 11 is 0. The molecule has 0 heterocycles. The lowest BCUT2D eigenvalue weighted by Gasteiger charge is -2.10. The van der Waals surface area contributed by atoms with Crippen LogP contribution in [0.3, 0.4) is 0 Å². The second-order valence-corrected chi connectivity index (χ2v) is 6.49. The van der Waals surface area contributed by atoms with E-state index in [4.69, 9.17) is 4.74 Å². The van der Waals surface area contributed by atoms with Gasteiger partial charge in [0, 0.05) is 0 Å². The summed E-state index contributed by atoms with van der Waals surface area (Å²) in [5.74, 6) is 0.711. The molecule has 2 heteroatoms. The molecule has 2 aromatic carbocycles. The number of rotatable bonds is 12. The van der Waals surface area contributed by atoms with Crippen molar-refractivity contribution in [2.75, 3.05) is 6.61 Å². The molecule has 0 atom stereocenters. The lowest BCUT2D eigenvalue weighted by atomic mass is 10.0. The molecule has 0 bridgehead atoms. The molecule has 130 valence electrons. The van der Waals surface area contributed by atoms with Crippen LogP contribution in [0.15, 0.2) is 36.4 Å². The Bertz CT molecular complexity index is 618. The van der Waals surface area contributed by atoms with Crippen molar-refractivity contribution in [1.82, 2.24) is 0 Å². The van der Waals surface area contributed by atoms with Gasteiger partial charge >= 0.3 is 0 Å². The Morgan fingerprint density at radius 1 is 0.833 bits per heavy atom. The smallest absolute Gasteiger partial charge is 0.154 e. The number of benzene rings is 2. The van der Waals surface area contributed by atoms with Gasteiger partial charge in [-0.1, -0.05) is 88.6 Å². The lowest BCUT2D eigenvalue weighted by Crippen LogP contribution is -2.00. The largest absolute Gasteiger partial charge is 0.493 e. The number of carbonyl (C=O) groups is 1. The fourth-order valence-corrected chi connectivity index (χ4v) is 3.12. The molecule has 0 N–H and O–H groups in total. The summed E-state index contributed by atoms with van der Waals surface area (Å²) in [6.07, 6.45) is 12.6. The summed E-state index contributed by atoms with van der Waals surface area (Å²) in [6.45, 7) is 2.95. The number of hydrogen-bond acceptors (Lipinski definition) is 2. The van der Waals surface area contributed by atoms with Gasteiger partial charge in [0.15, 0.2) is 6.29 Å². The Labute approximate surface area is 146 Å². The van der Waals surface area contributed by atoms with Gasteiger partial charge in [0.25, 0.3) is 0 Å². The molecule has 0 amide bonds. The Kier molecular flexibility index (Phi) is 8.37. The van der Waals surface area contributed by atoms with E-state index in [9.17, 15) is 4.79 Å². The Morgan fingerprint density at radius 2 is 1.50 bits per heavy atom. The first-order valence-corrected chi connectivity index (χ1v) is 9.46. The molecule has 0 unspecified atom stereocenters. The Morgan fingerprint density at radius 3 is 2.21 bits per heavy atom. The van der Waals surface area contributed by atoms with Gasteiger partial charge in [-0.2, -0.15) is 0 Å². The predicted molar refractivity (Wildman–Crippen MR) is 102 cm³/mol. The summed E-state index contributed by atoms with van der Waals surface area (Å²) in [7, 11) is 0. The van der Waals surface area contributed by atoms with Gasteiger partial charge in [0.05, 0.1) is 12.2 Å². The van der Waals surface area contributed by atoms with E-state index >= 15 is 0 Å². The molecule has 0 saturated heterocycles. The molecule has 24 heavy (non-hydrogen) atoms. The van der Waals surface area contributed by atoms with E-state index in [1.54, 1.807) is 0 Å². The SMILES string of the molecule is CCCCCCCCCCCOc1ccc2ccccc2c1C=O. The molecule has 2 aromatic rings. The minimum Gasteiger partial charge on any atom is -0.493 e. The first-order chi connectivity index (χ1) is 11.9. The minimum absolute atomic E-state index is 0.670. The van der Waals surface area contributed by atoms with Crippen LogP contribution in [-0.4, -0.2) is 12.9 Å². The maximum Gasteiger partial charge on any atom is 0.154 e. The fourth-order valence-electron chi connectivity index (χ4n) is 3.12. The Hall–Kier alpha value is -1.83. The number of unbranched alkanes of at least 4 members (excludes halogenated alkanes) is 8. The molecular formula is C22H30O2. The van der Waals surface area contributed by atoms with Gasteiger partial charge < -0.3 is 4.74 Å². The standard InChI is InChI=1S/C22H30O2/c1-2-3-4-5-6-7-8-9-12-17-24-22-16-15-19-13-10-11-14-20(19)21(22)18-23/h10-11,13-16,18H,2-9,12,17H2,1H3. The van der Waals surface area contributed by atoms with Crippen molar-refractivity contribution in [3.8, 4) is 5.75 Å². The van der Waals surface area contributed by atoms with E-state index < -0.39 is 0 Å². The average Bonchev–Trinajstić information content (AvgIpc) is 2.62. The number of hydrogen-bond donors (Lipinski definition) is 0. The highest BCUT2D eigenvalue weighted by atomic mass is 16.5. The summed E-state index contributed by atoms with van der Waals surface area (Å²) in [6, 6.07) is 11.9. The molecule has 0 radical (unpaired) electrons. The van der Waals surface area contributed by atoms with Crippen molar-refractivity contribution in [1.29, 1.82) is 0 Å². The summed E-state index contributed by atoms with van der Waals surface area (Å²) < 4.78 is 5.86. The number of carbonyl (C=O) groups excluding carboxylic acids is 1. The van der Waals surface area contributed by atoms with Crippen molar-refractivity contribution in [3.63, 3.8) is 0 Å². The molecule has 0 aliphatic rings. The molecule has 0 fully saturated rings. The van der Waals surface area contributed by atoms with Crippen molar-refractivity contribution < 1.29 is 9.53 Å². The zero-order valence-electron chi connectivity index (χ0n) is 14.9. The molecule has 0 aromatic heterocycles. The van der Waals surface area contributed by atoms with Crippen molar-refractivity contribution in [2.45, 2.75) is 64.7 Å². The van der Waals surface area contributed by atoms with Gasteiger partial charge in [-0.3, -0.25) is 4.79 Å². The Balaban J connectivity index is 1.69. The molecule has 0 aliphatic carbocycles. The van der Waals surface area contributed by atoms with Crippen LogP contribution < -0.4 is 4.74 Å². The maximum atomic E-state index is 11.4. The van der Waals surface area contributed by atoms with Gasteiger partial charge in [-0.25, -0.2) is 0 Å². The highest BCUT2D eigenvalue weighted by Gasteiger charge is 2.07. The third kappa shape index (κ3) is 5.67. The zero-order chi connectivity index (χ0) is 17.0. The second kappa shape index (κ2) is 10.9. The maximum absolute atomic E-state index is 11.4. The molecular weight excluding hydrogens is 296 g/mol. The summed E-state index contributed by atoms with van der Waals surface area (Å²) in [5.41, 5.74) is 0.670. The van der Waals surface area contributed by atoms with Gasteiger partial charge in [-0.15, -0.1) is 0 Å². The van der Waals surface area contributed by atoms with Crippen LogP contribution in [0.4, 0.5) is 0 Å². The second-order valence-electron chi connectivity index (χ2n) is 6.49. The number of aldehydes is 1. The van der Waals surface area contributed by atoms with E-state index in [1.165, 1.54) is 51.4 Å². The number of fused-ring (bicyclic) bond motifs is 1. The first kappa shape index (κ1) is 18.5. The van der Waals surface area contributed by atoms with Gasteiger partial charge in [-0.05, 0) is 23.3 Å². The quantitative estimate of drug-likeness (QED) is 0.326. The van der Waals surface area contributed by atoms with Crippen LogP contribution in [-0.2, 0) is 0 Å². The van der Waals surface area contributed by atoms with Crippen LogP contribution in [0.5, 0.6) is 5.75 Å². The van der Waals surface area contributed by atoms with Crippen molar-refractivity contribution in [2.24, 2.45) is 0 Å². The monoisotopic (exact) mass is 326 g/mol. The highest BCUT2D eigenvalue weighted by molar-refractivity contribution is 6.00. The highest BCUT2D eigenvalue weighted by Crippen LogP contribution is 2.26. The normalized spacial score (nSPS) is 10.9. The molecule has 2 rings (SSSR count). The van der Waals surface area contributed by atoms with Crippen LogP contribution in [0.25, 0.3) is 10.8 Å². The van der Waals surface area contributed by atoms with Crippen molar-refractivity contribution in [3.05, 3.63) is 42.0 Å². The topological polar surface area (TPSA) is 26.3 Å². The zero-order valence-corrected chi connectivity index (χ0v) is 14.9. The van der Waals surface area contributed by atoms with Crippen molar-refractivity contribution >= 4 is 17.1 Å². The van der Waals surface area contributed by atoms with E-state index in [-0.39, 0.29) is 0 Å². The lowest BCUT2D eigenvalue weighted by molar-refractivity contribution is 0.112. The average molecular weight is 326 g/mol. The molecule has 0 saturated carbocycles. The summed E-state index contributed by atoms with van der Waals surface area (Å²) in [5, 5.41) is 2.05. The fraction of sp³-hybridized carbons (Fsp3) is 0.500. The first-order valence-electron chi connectivity index (χ1n) is 9.46. The molecule has 0 aliphatic heterocycles. The van der Waals surface area contributed by atoms with Crippen LogP contribution >= 0.6 is 0 Å². The van der Waals surface area contributed by atoms with E-state index in [2.05, 4.69) is 6.92 Å². The van der Waals surface area contributed by atoms with Crippen LogP contribution in [0.2, 0.25) is 0 Å². The van der Waals surface area contributed by atoms with Crippen LogP contribution in [0, 0.1) is 0 Å². The third-order valence-electron chi connectivity index (χ3n) is 4.55. The van der Waals surface area contributed by atoms with Gasteiger partial charge in [0.1, 0.15) is 5.75 Å². The van der Waals surface area contributed by atoms with E-state index in [0.29, 0.717) is 17.9 Å². The summed E-state index contributed by atoms with van der Waals surface area (Å²) in [4.78, 5) is 11.4. The van der Waals surface area contributed by atoms with Crippen LogP contribution in [0.1, 0.15) is 75.1 Å². The number of ether oxygens (including phenoxy) is 1. The minimum atomic E-state index is 0.670. The molecule has 0 spiro atoms. The third-order valence-corrected chi connectivity index (χ3v) is 4.55. The van der Waals surface area contributed by atoms with Gasteiger partial charge in [0.2, 0.25) is 0 Å². The van der Waals surface area contributed by atoms with E-state index in [0.717, 1.165) is 23.5 Å².